The van der Waals surface area contributed by atoms with Crippen LogP contribution in [0, 0.1) is 11.6 Å². The van der Waals surface area contributed by atoms with Crippen LogP contribution in [-0.4, -0.2) is 40.8 Å². The van der Waals surface area contributed by atoms with E-state index in [2.05, 4.69) is 6.92 Å². The first-order chi connectivity index (χ1) is 10.9. The second-order valence-corrected chi connectivity index (χ2v) is 7.09. The number of amides is 2. The summed E-state index contributed by atoms with van der Waals surface area (Å²) in [5.74, 6) is -2.60. The average molecular weight is 342 g/mol. The number of thioether (sulfide) groups is 1. The van der Waals surface area contributed by atoms with Crippen molar-refractivity contribution in [1.29, 1.82) is 0 Å². The molecule has 0 bridgehead atoms. The highest BCUT2D eigenvalue weighted by Crippen LogP contribution is 2.32. The van der Waals surface area contributed by atoms with Crippen molar-refractivity contribution in [2.75, 3.05) is 18.1 Å². The van der Waals surface area contributed by atoms with Crippen molar-refractivity contribution in [1.82, 2.24) is 4.90 Å². The lowest BCUT2D eigenvalue weighted by Gasteiger charge is -2.24. The smallest absolute Gasteiger partial charge is 0.314 e. The van der Waals surface area contributed by atoms with Gasteiger partial charge in [-0.25, -0.2) is 8.78 Å². The van der Waals surface area contributed by atoms with Crippen molar-refractivity contribution in [2.24, 2.45) is 0 Å². The molecule has 2 rings (SSSR count). The summed E-state index contributed by atoms with van der Waals surface area (Å²) in [4.78, 5) is 25.5. The molecule has 1 N–H and O–H groups in total. The Morgan fingerprint density at radius 1 is 1.30 bits per heavy atom. The standard InChI is InChI=1S/C16H20F2N2O2S/c1-3-23-11-8-7-10(9-11)20(2)16(22)15(21)19-14-12(17)5-4-6-13(14)18/h4-6,10-11H,3,7-9H2,1-2H3,(H,19,21)/t10-,11+/m1/s1. The van der Waals surface area contributed by atoms with Gasteiger partial charge in [0.1, 0.15) is 17.3 Å². The molecule has 1 aliphatic rings. The first kappa shape index (κ1) is 17.7. The highest BCUT2D eigenvalue weighted by atomic mass is 32.2. The monoisotopic (exact) mass is 342 g/mol. The summed E-state index contributed by atoms with van der Waals surface area (Å²) in [5.41, 5.74) is -0.593. The maximum Gasteiger partial charge on any atom is 0.314 e. The Kier molecular flexibility index (Phi) is 5.98. The molecule has 0 radical (unpaired) electrons. The van der Waals surface area contributed by atoms with Crippen LogP contribution in [0.15, 0.2) is 18.2 Å². The Morgan fingerprint density at radius 2 is 1.96 bits per heavy atom. The molecule has 4 nitrogen and oxygen atoms in total. The fraction of sp³-hybridized carbons (Fsp3) is 0.500. The summed E-state index contributed by atoms with van der Waals surface area (Å²) >= 11 is 1.85. The quantitative estimate of drug-likeness (QED) is 0.856. The van der Waals surface area contributed by atoms with Gasteiger partial charge in [-0.15, -0.1) is 0 Å². The van der Waals surface area contributed by atoms with Crippen molar-refractivity contribution in [3.63, 3.8) is 0 Å². The number of anilines is 1. The Bertz CT molecular complexity index is 577. The molecule has 0 aromatic heterocycles. The lowest BCUT2D eigenvalue weighted by atomic mass is 10.2. The van der Waals surface area contributed by atoms with Gasteiger partial charge >= 0.3 is 11.8 Å². The van der Waals surface area contributed by atoms with Gasteiger partial charge in [-0.1, -0.05) is 13.0 Å². The van der Waals surface area contributed by atoms with E-state index in [1.165, 1.54) is 11.0 Å². The number of hydrogen-bond donors (Lipinski definition) is 1. The number of para-hydroxylation sites is 1. The van der Waals surface area contributed by atoms with E-state index < -0.39 is 29.1 Å². The van der Waals surface area contributed by atoms with Crippen molar-refractivity contribution < 1.29 is 18.4 Å². The van der Waals surface area contributed by atoms with E-state index in [1.54, 1.807) is 7.05 Å². The molecule has 7 heteroatoms. The molecule has 0 spiro atoms. The van der Waals surface area contributed by atoms with Gasteiger partial charge in [-0.05, 0) is 37.1 Å². The number of hydrogen-bond acceptors (Lipinski definition) is 3. The fourth-order valence-corrected chi connectivity index (χ4v) is 3.90. The predicted molar refractivity (Wildman–Crippen MR) is 87.3 cm³/mol. The summed E-state index contributed by atoms with van der Waals surface area (Å²) in [7, 11) is 1.56. The minimum atomic E-state index is -1.02. The van der Waals surface area contributed by atoms with Crippen LogP contribution in [0.4, 0.5) is 14.5 Å². The largest absolute Gasteiger partial charge is 0.334 e. The molecule has 0 heterocycles. The van der Waals surface area contributed by atoms with Crippen molar-refractivity contribution in [3.8, 4) is 0 Å². The van der Waals surface area contributed by atoms with Gasteiger partial charge < -0.3 is 10.2 Å². The number of carbonyl (C=O) groups is 2. The summed E-state index contributed by atoms with van der Waals surface area (Å²) in [6.45, 7) is 2.09. The lowest BCUT2D eigenvalue weighted by molar-refractivity contribution is -0.143. The highest BCUT2D eigenvalue weighted by molar-refractivity contribution is 7.99. The Labute approximate surface area is 138 Å². The van der Waals surface area contributed by atoms with Gasteiger partial charge in [0.2, 0.25) is 0 Å². The van der Waals surface area contributed by atoms with E-state index in [4.69, 9.17) is 0 Å². The molecule has 1 fully saturated rings. The minimum absolute atomic E-state index is 0.0113. The molecule has 23 heavy (non-hydrogen) atoms. The van der Waals surface area contributed by atoms with Crippen molar-refractivity contribution in [2.45, 2.75) is 37.5 Å². The first-order valence-corrected chi connectivity index (χ1v) is 8.62. The van der Waals surface area contributed by atoms with Gasteiger partial charge in [0, 0.05) is 18.3 Å². The third-order valence-electron chi connectivity index (χ3n) is 4.02. The number of carbonyl (C=O) groups excluding carboxylic acids is 2. The molecular weight excluding hydrogens is 322 g/mol. The van der Waals surface area contributed by atoms with Crippen LogP contribution < -0.4 is 5.32 Å². The molecule has 0 saturated heterocycles. The Morgan fingerprint density at radius 3 is 2.57 bits per heavy atom. The molecule has 2 atom stereocenters. The molecule has 1 aliphatic carbocycles. The van der Waals surface area contributed by atoms with Gasteiger partial charge in [0.15, 0.2) is 0 Å². The number of nitrogens with one attached hydrogen (secondary N) is 1. The third kappa shape index (κ3) is 4.22. The van der Waals surface area contributed by atoms with E-state index >= 15 is 0 Å². The number of halogens is 2. The van der Waals surface area contributed by atoms with Crippen molar-refractivity contribution in [3.05, 3.63) is 29.8 Å². The SMILES string of the molecule is CCS[C@H]1CC[C@@H](N(C)C(=O)C(=O)Nc2c(F)cccc2F)C1. The van der Waals surface area contributed by atoms with Gasteiger partial charge in [0.25, 0.3) is 0 Å². The van der Waals surface area contributed by atoms with E-state index in [0.717, 1.165) is 37.1 Å². The summed E-state index contributed by atoms with van der Waals surface area (Å²) in [6, 6.07) is 3.23. The molecule has 1 saturated carbocycles. The van der Waals surface area contributed by atoms with E-state index in [-0.39, 0.29) is 6.04 Å². The predicted octanol–water partition coefficient (Wildman–Crippen LogP) is 3.04. The summed E-state index contributed by atoms with van der Waals surface area (Å²) in [6.07, 6.45) is 2.67. The maximum atomic E-state index is 13.5. The van der Waals surface area contributed by atoms with Crippen LogP contribution in [-0.2, 0) is 9.59 Å². The van der Waals surface area contributed by atoms with E-state index in [0.29, 0.717) is 5.25 Å². The molecule has 2 amide bonds. The van der Waals surface area contributed by atoms with Crippen molar-refractivity contribution >= 4 is 29.3 Å². The van der Waals surface area contributed by atoms with Crippen LogP contribution >= 0.6 is 11.8 Å². The summed E-state index contributed by atoms with van der Waals surface area (Å²) < 4.78 is 27.1. The Balaban J connectivity index is 1.98. The van der Waals surface area contributed by atoms with E-state index in [1.807, 2.05) is 17.1 Å². The van der Waals surface area contributed by atoms with Crippen LogP contribution in [0.2, 0.25) is 0 Å². The number of likely N-dealkylation sites (N-methyl/N-ethyl adjacent to an activating group) is 1. The topological polar surface area (TPSA) is 49.4 Å². The zero-order valence-electron chi connectivity index (χ0n) is 13.1. The van der Waals surface area contributed by atoms with Gasteiger partial charge in [-0.2, -0.15) is 11.8 Å². The zero-order chi connectivity index (χ0) is 17.0. The van der Waals surface area contributed by atoms with Crippen LogP contribution in [0.3, 0.4) is 0 Å². The normalized spacial score (nSPS) is 20.3. The maximum absolute atomic E-state index is 13.5. The minimum Gasteiger partial charge on any atom is -0.334 e. The second kappa shape index (κ2) is 7.77. The number of nitrogens with zero attached hydrogens (tertiary/aromatic N) is 1. The Hall–Kier alpha value is -1.63. The van der Waals surface area contributed by atoms with Crippen LogP contribution in [0.1, 0.15) is 26.2 Å². The van der Waals surface area contributed by atoms with Gasteiger partial charge in [0.05, 0.1) is 0 Å². The molecule has 0 aliphatic heterocycles. The zero-order valence-corrected chi connectivity index (χ0v) is 14.0. The van der Waals surface area contributed by atoms with Crippen LogP contribution in [0.5, 0.6) is 0 Å². The average Bonchev–Trinajstić information content (AvgIpc) is 2.98. The van der Waals surface area contributed by atoms with E-state index in [9.17, 15) is 18.4 Å². The molecular formula is C16H20F2N2O2S. The number of benzene rings is 1. The molecule has 1 aromatic carbocycles. The van der Waals surface area contributed by atoms with Crippen LogP contribution in [0.25, 0.3) is 0 Å². The first-order valence-electron chi connectivity index (χ1n) is 7.57. The second-order valence-electron chi connectivity index (χ2n) is 5.51. The van der Waals surface area contributed by atoms with Gasteiger partial charge in [-0.3, -0.25) is 9.59 Å². The molecule has 0 unspecified atom stereocenters. The molecule has 1 aromatic rings. The fourth-order valence-electron chi connectivity index (χ4n) is 2.77. The third-order valence-corrected chi connectivity index (χ3v) is 5.26. The molecule has 126 valence electrons. The number of rotatable bonds is 4. The summed E-state index contributed by atoms with van der Waals surface area (Å²) in [5, 5.41) is 2.53. The highest BCUT2D eigenvalue weighted by Gasteiger charge is 2.32. The lowest BCUT2D eigenvalue weighted by Crippen LogP contribution is -2.42.